The summed E-state index contributed by atoms with van der Waals surface area (Å²) in [6, 6.07) is 13.8. The number of benzene rings is 2. The van der Waals surface area contributed by atoms with E-state index >= 15 is 0 Å². The van der Waals surface area contributed by atoms with Crippen molar-refractivity contribution in [2.24, 2.45) is 0 Å². The van der Waals surface area contributed by atoms with E-state index in [4.69, 9.17) is 4.74 Å². The zero-order chi connectivity index (χ0) is 18.8. The first-order chi connectivity index (χ1) is 13.2. The molecule has 4 rings (SSSR count). The van der Waals surface area contributed by atoms with Crippen molar-refractivity contribution in [3.8, 4) is 5.75 Å². The molecule has 0 aliphatic carbocycles. The van der Waals surface area contributed by atoms with Gasteiger partial charge in [-0.1, -0.05) is 6.07 Å². The summed E-state index contributed by atoms with van der Waals surface area (Å²) in [6.07, 6.45) is 3.22. The van der Waals surface area contributed by atoms with Crippen molar-refractivity contribution in [3.05, 3.63) is 76.7 Å². The summed E-state index contributed by atoms with van der Waals surface area (Å²) < 4.78 is 5.41. The summed E-state index contributed by atoms with van der Waals surface area (Å²) >= 11 is 0. The molecule has 2 N–H and O–H groups in total. The summed E-state index contributed by atoms with van der Waals surface area (Å²) in [5.41, 5.74) is 2.09. The maximum Gasteiger partial charge on any atom is 0.256 e. The van der Waals surface area contributed by atoms with Gasteiger partial charge >= 0.3 is 0 Å². The van der Waals surface area contributed by atoms with E-state index < -0.39 is 0 Å². The second-order valence-corrected chi connectivity index (χ2v) is 6.00. The third kappa shape index (κ3) is 3.13. The summed E-state index contributed by atoms with van der Waals surface area (Å²) in [4.78, 5) is 32.6. The Bertz CT molecular complexity index is 1200. The van der Waals surface area contributed by atoms with E-state index in [9.17, 15) is 9.59 Å². The van der Waals surface area contributed by atoms with E-state index in [-0.39, 0.29) is 11.3 Å². The Balaban J connectivity index is 1.78. The number of amides is 1. The van der Waals surface area contributed by atoms with Gasteiger partial charge in [0.1, 0.15) is 5.75 Å². The van der Waals surface area contributed by atoms with Crippen molar-refractivity contribution < 1.29 is 9.53 Å². The number of nitrogens with one attached hydrogen (secondary N) is 2. The quantitative estimate of drug-likeness (QED) is 0.544. The fourth-order valence-electron chi connectivity index (χ4n) is 3.06. The van der Waals surface area contributed by atoms with Gasteiger partial charge in [0, 0.05) is 40.5 Å². The van der Waals surface area contributed by atoms with Crippen LogP contribution >= 0.6 is 0 Å². The van der Waals surface area contributed by atoms with E-state index in [2.05, 4.69) is 15.3 Å². The second kappa shape index (κ2) is 6.92. The summed E-state index contributed by atoms with van der Waals surface area (Å²) in [6.45, 7) is 2.49. The number of fused-ring (bicyclic) bond motifs is 3. The highest BCUT2D eigenvalue weighted by Crippen LogP contribution is 2.25. The van der Waals surface area contributed by atoms with Gasteiger partial charge in [0.05, 0.1) is 17.6 Å². The lowest BCUT2D eigenvalue weighted by Gasteiger charge is -2.11. The van der Waals surface area contributed by atoms with E-state index in [0.29, 0.717) is 39.7 Å². The van der Waals surface area contributed by atoms with Crippen LogP contribution in [0.2, 0.25) is 0 Å². The predicted molar refractivity (Wildman–Crippen MR) is 105 cm³/mol. The monoisotopic (exact) mass is 359 g/mol. The van der Waals surface area contributed by atoms with Gasteiger partial charge < -0.3 is 15.0 Å². The van der Waals surface area contributed by atoms with Crippen LogP contribution in [0.15, 0.2) is 65.7 Å². The van der Waals surface area contributed by atoms with Crippen molar-refractivity contribution in [1.82, 2.24) is 9.97 Å². The van der Waals surface area contributed by atoms with Crippen LogP contribution in [0.5, 0.6) is 5.75 Å². The third-order valence-electron chi connectivity index (χ3n) is 4.29. The molecule has 0 aliphatic rings. The molecule has 2 aromatic heterocycles. The van der Waals surface area contributed by atoms with Crippen LogP contribution < -0.4 is 15.5 Å². The average Bonchev–Trinajstić information content (AvgIpc) is 2.69. The summed E-state index contributed by atoms with van der Waals surface area (Å²) in [5.74, 6) is 0.435. The van der Waals surface area contributed by atoms with Crippen LogP contribution in [0.4, 0.5) is 5.69 Å². The minimum absolute atomic E-state index is 0.161. The fraction of sp³-hybridized carbons (Fsp3) is 0.0952. The number of nitrogens with zero attached hydrogens (tertiary/aromatic N) is 1. The number of ether oxygens (including phenoxy) is 1. The number of aromatic nitrogens is 2. The fourth-order valence-corrected chi connectivity index (χ4v) is 3.06. The second-order valence-electron chi connectivity index (χ2n) is 6.00. The first-order valence-corrected chi connectivity index (χ1v) is 8.60. The number of hydrogen-bond acceptors (Lipinski definition) is 4. The molecule has 6 heteroatoms. The summed E-state index contributed by atoms with van der Waals surface area (Å²) in [7, 11) is 0. The maximum atomic E-state index is 12.9. The molecule has 0 unspecified atom stereocenters. The molecule has 0 spiro atoms. The van der Waals surface area contributed by atoms with Gasteiger partial charge in [0.25, 0.3) is 5.91 Å². The zero-order valence-corrected chi connectivity index (χ0v) is 14.7. The molecule has 0 atom stereocenters. The number of pyridine rings is 2. The lowest BCUT2D eigenvalue weighted by atomic mass is 10.0. The number of H-pyrrole nitrogens is 1. The number of carbonyl (C=O) groups is 1. The smallest absolute Gasteiger partial charge is 0.256 e. The van der Waals surface area contributed by atoms with Crippen LogP contribution in [0, 0.1) is 0 Å². The Kier molecular flexibility index (Phi) is 4.30. The number of carbonyl (C=O) groups excluding carboxylic acids is 1. The molecule has 2 heterocycles. The molecule has 0 saturated heterocycles. The van der Waals surface area contributed by atoms with Crippen LogP contribution in [0.25, 0.3) is 21.8 Å². The Labute approximate surface area is 154 Å². The SMILES string of the molecule is CCOc1ccc(NC(=O)c2cc3c(=O)cc[nH]c3c3ncccc23)cc1. The highest BCUT2D eigenvalue weighted by molar-refractivity contribution is 6.18. The Hall–Kier alpha value is -3.67. The molecule has 134 valence electrons. The minimum Gasteiger partial charge on any atom is -0.494 e. The Morgan fingerprint density at radius 2 is 1.96 bits per heavy atom. The van der Waals surface area contributed by atoms with Gasteiger partial charge in [-0.05, 0) is 43.3 Å². The minimum atomic E-state index is -0.303. The van der Waals surface area contributed by atoms with Crippen molar-refractivity contribution in [3.63, 3.8) is 0 Å². The van der Waals surface area contributed by atoms with Crippen LogP contribution in [-0.4, -0.2) is 22.5 Å². The van der Waals surface area contributed by atoms with Gasteiger partial charge in [-0.2, -0.15) is 0 Å². The molecule has 0 aliphatic heterocycles. The number of rotatable bonds is 4. The highest BCUT2D eigenvalue weighted by Gasteiger charge is 2.15. The van der Waals surface area contributed by atoms with E-state index in [1.165, 1.54) is 6.07 Å². The van der Waals surface area contributed by atoms with Crippen LogP contribution in [-0.2, 0) is 0 Å². The first-order valence-electron chi connectivity index (χ1n) is 8.60. The molecule has 4 aromatic rings. The molecule has 0 bridgehead atoms. The molecule has 27 heavy (non-hydrogen) atoms. The van der Waals surface area contributed by atoms with Crippen LogP contribution in [0.1, 0.15) is 17.3 Å². The molecule has 0 saturated carbocycles. The molecular weight excluding hydrogens is 342 g/mol. The molecular formula is C21H17N3O3. The first kappa shape index (κ1) is 16.8. The lowest BCUT2D eigenvalue weighted by Crippen LogP contribution is -2.14. The largest absolute Gasteiger partial charge is 0.494 e. The highest BCUT2D eigenvalue weighted by atomic mass is 16.5. The Morgan fingerprint density at radius 3 is 2.74 bits per heavy atom. The summed E-state index contributed by atoms with van der Waals surface area (Å²) in [5, 5.41) is 3.98. The molecule has 0 fully saturated rings. The Morgan fingerprint density at radius 1 is 1.15 bits per heavy atom. The zero-order valence-electron chi connectivity index (χ0n) is 14.7. The van der Waals surface area contributed by atoms with Gasteiger partial charge in [-0.15, -0.1) is 0 Å². The lowest BCUT2D eigenvalue weighted by molar-refractivity contribution is 0.102. The predicted octanol–water partition coefficient (Wildman–Crippen LogP) is 3.73. The van der Waals surface area contributed by atoms with Crippen molar-refractivity contribution in [2.75, 3.05) is 11.9 Å². The number of aromatic amines is 1. The van der Waals surface area contributed by atoms with E-state index in [1.54, 1.807) is 48.8 Å². The molecule has 0 radical (unpaired) electrons. The maximum absolute atomic E-state index is 12.9. The standard InChI is InChI=1S/C21H17N3O3/c1-2-27-14-7-5-13(6-8-14)24-21(26)16-12-17-18(25)9-11-23-20(17)19-15(16)4-3-10-22-19/h3-12H,2H2,1H3,(H,23,25)(H,24,26). The van der Waals surface area contributed by atoms with Crippen molar-refractivity contribution in [2.45, 2.75) is 6.92 Å². The van der Waals surface area contributed by atoms with E-state index in [0.717, 1.165) is 5.75 Å². The van der Waals surface area contributed by atoms with Gasteiger partial charge in [0.2, 0.25) is 0 Å². The number of anilines is 1. The van der Waals surface area contributed by atoms with E-state index in [1.807, 2.05) is 13.0 Å². The normalized spacial score (nSPS) is 10.9. The molecule has 1 amide bonds. The molecule has 2 aromatic carbocycles. The van der Waals surface area contributed by atoms with Gasteiger partial charge in [-0.3, -0.25) is 14.6 Å². The van der Waals surface area contributed by atoms with Gasteiger partial charge in [-0.25, -0.2) is 0 Å². The average molecular weight is 359 g/mol. The van der Waals surface area contributed by atoms with Crippen LogP contribution in [0.3, 0.4) is 0 Å². The molecule has 6 nitrogen and oxygen atoms in total. The topological polar surface area (TPSA) is 84.1 Å². The van der Waals surface area contributed by atoms with Crippen molar-refractivity contribution in [1.29, 1.82) is 0 Å². The number of hydrogen-bond donors (Lipinski definition) is 2. The van der Waals surface area contributed by atoms with Gasteiger partial charge in [0.15, 0.2) is 5.43 Å². The third-order valence-corrected chi connectivity index (χ3v) is 4.29. The van der Waals surface area contributed by atoms with Crippen molar-refractivity contribution >= 4 is 33.4 Å².